The summed E-state index contributed by atoms with van der Waals surface area (Å²) < 4.78 is 4.83. The minimum absolute atomic E-state index is 0.0898. The first kappa shape index (κ1) is 16.4. The Bertz CT molecular complexity index is 234. The van der Waals surface area contributed by atoms with Crippen molar-refractivity contribution >= 4 is 5.97 Å². The van der Waals surface area contributed by atoms with E-state index in [1.54, 1.807) is 0 Å². The molecular weight excluding hydrogens is 240 g/mol. The second-order valence-electron chi connectivity index (χ2n) is 5.54. The third-order valence-electron chi connectivity index (χ3n) is 3.82. The van der Waals surface area contributed by atoms with Gasteiger partial charge in [0.1, 0.15) is 0 Å². The van der Waals surface area contributed by atoms with Gasteiger partial charge in [-0.1, -0.05) is 25.7 Å². The highest BCUT2D eigenvalue weighted by molar-refractivity contribution is 5.69. The Kier molecular flexibility index (Phi) is 8.84. The summed E-state index contributed by atoms with van der Waals surface area (Å²) >= 11 is 0. The SMILES string of the molecule is CCOC(=O)CCNC1CCCC1.NC1CCCC1. The Labute approximate surface area is 117 Å². The molecule has 0 radical (unpaired) electrons. The highest BCUT2D eigenvalue weighted by Crippen LogP contribution is 2.17. The minimum Gasteiger partial charge on any atom is -0.466 e. The first-order valence-corrected chi connectivity index (χ1v) is 7.87. The third-order valence-corrected chi connectivity index (χ3v) is 3.82. The van der Waals surface area contributed by atoms with Crippen LogP contribution in [0.3, 0.4) is 0 Å². The van der Waals surface area contributed by atoms with Gasteiger partial charge >= 0.3 is 5.97 Å². The highest BCUT2D eigenvalue weighted by Gasteiger charge is 2.14. The van der Waals surface area contributed by atoms with Gasteiger partial charge in [0.2, 0.25) is 0 Å². The Balaban J connectivity index is 0.000000250. The summed E-state index contributed by atoms with van der Waals surface area (Å²) in [5, 5.41) is 3.37. The number of carbonyl (C=O) groups is 1. The molecule has 112 valence electrons. The van der Waals surface area contributed by atoms with Gasteiger partial charge in [-0.3, -0.25) is 4.79 Å². The fourth-order valence-electron chi connectivity index (χ4n) is 2.70. The molecule has 2 fully saturated rings. The summed E-state index contributed by atoms with van der Waals surface area (Å²) in [6.45, 7) is 3.09. The van der Waals surface area contributed by atoms with Gasteiger partial charge in [0.15, 0.2) is 0 Å². The summed E-state index contributed by atoms with van der Waals surface area (Å²) in [4.78, 5) is 11.0. The van der Waals surface area contributed by atoms with E-state index in [0.29, 0.717) is 25.1 Å². The Hall–Kier alpha value is -0.610. The van der Waals surface area contributed by atoms with Gasteiger partial charge in [-0.15, -0.1) is 0 Å². The molecule has 0 unspecified atom stereocenters. The van der Waals surface area contributed by atoms with E-state index in [4.69, 9.17) is 10.5 Å². The van der Waals surface area contributed by atoms with Crippen molar-refractivity contribution in [2.75, 3.05) is 13.2 Å². The molecule has 2 saturated carbocycles. The van der Waals surface area contributed by atoms with Crippen LogP contribution in [0.1, 0.15) is 64.7 Å². The molecule has 3 N–H and O–H groups in total. The maximum Gasteiger partial charge on any atom is 0.307 e. The molecule has 0 bridgehead atoms. The van der Waals surface area contributed by atoms with Crippen LogP contribution in [-0.4, -0.2) is 31.2 Å². The van der Waals surface area contributed by atoms with Crippen molar-refractivity contribution < 1.29 is 9.53 Å². The maximum absolute atomic E-state index is 11.0. The van der Waals surface area contributed by atoms with Crippen molar-refractivity contribution in [1.82, 2.24) is 5.32 Å². The van der Waals surface area contributed by atoms with E-state index in [1.165, 1.54) is 51.4 Å². The molecule has 0 heterocycles. The number of ether oxygens (including phenoxy) is 1. The molecule has 0 aromatic heterocycles. The predicted octanol–water partition coefficient (Wildman–Crippen LogP) is 2.36. The second-order valence-corrected chi connectivity index (χ2v) is 5.54. The number of hydrogen-bond donors (Lipinski definition) is 2. The average molecular weight is 270 g/mol. The first-order valence-electron chi connectivity index (χ1n) is 7.87. The zero-order chi connectivity index (χ0) is 13.9. The van der Waals surface area contributed by atoms with Crippen LogP contribution < -0.4 is 11.1 Å². The molecular formula is C15H30N2O2. The normalized spacial score (nSPS) is 20.1. The number of hydrogen-bond acceptors (Lipinski definition) is 4. The van der Waals surface area contributed by atoms with E-state index in [0.717, 1.165) is 6.54 Å². The van der Waals surface area contributed by atoms with Crippen LogP contribution in [0, 0.1) is 0 Å². The lowest BCUT2D eigenvalue weighted by molar-refractivity contribution is -0.143. The van der Waals surface area contributed by atoms with Crippen LogP contribution in [0.5, 0.6) is 0 Å². The topological polar surface area (TPSA) is 64.3 Å². The first-order chi connectivity index (χ1) is 9.22. The van der Waals surface area contributed by atoms with Gasteiger partial charge in [0.25, 0.3) is 0 Å². The molecule has 0 aromatic rings. The van der Waals surface area contributed by atoms with Gasteiger partial charge in [-0.05, 0) is 32.6 Å². The van der Waals surface area contributed by atoms with Gasteiger partial charge < -0.3 is 15.8 Å². The summed E-state index contributed by atoms with van der Waals surface area (Å²) in [6.07, 6.45) is 11.0. The maximum atomic E-state index is 11.0. The lowest BCUT2D eigenvalue weighted by atomic mass is 10.2. The van der Waals surface area contributed by atoms with E-state index < -0.39 is 0 Å². The molecule has 4 heteroatoms. The predicted molar refractivity (Wildman–Crippen MR) is 78.0 cm³/mol. The standard InChI is InChI=1S/C10H19NO2.C5H11N/c1-2-13-10(12)7-8-11-9-5-3-4-6-9;6-5-3-1-2-4-5/h9,11H,2-8H2,1H3;5H,1-4,6H2. The largest absolute Gasteiger partial charge is 0.466 e. The van der Waals surface area contributed by atoms with E-state index in [-0.39, 0.29) is 5.97 Å². The fourth-order valence-corrected chi connectivity index (χ4v) is 2.70. The van der Waals surface area contributed by atoms with Crippen molar-refractivity contribution in [2.24, 2.45) is 5.73 Å². The summed E-state index contributed by atoms with van der Waals surface area (Å²) in [5.41, 5.74) is 5.53. The van der Waals surface area contributed by atoms with Crippen molar-refractivity contribution in [3.05, 3.63) is 0 Å². The molecule has 2 aliphatic rings. The molecule has 0 atom stereocenters. The zero-order valence-corrected chi connectivity index (χ0v) is 12.3. The Morgan fingerprint density at radius 3 is 2.21 bits per heavy atom. The fraction of sp³-hybridized carbons (Fsp3) is 0.933. The molecule has 2 rings (SSSR count). The summed E-state index contributed by atoms with van der Waals surface area (Å²) in [6, 6.07) is 1.19. The quantitative estimate of drug-likeness (QED) is 0.753. The third kappa shape index (κ3) is 8.22. The van der Waals surface area contributed by atoms with Crippen molar-refractivity contribution in [1.29, 1.82) is 0 Å². The Morgan fingerprint density at radius 1 is 1.16 bits per heavy atom. The van der Waals surface area contributed by atoms with Crippen LogP contribution in [0.4, 0.5) is 0 Å². The van der Waals surface area contributed by atoms with Crippen molar-refractivity contribution in [3.63, 3.8) is 0 Å². The van der Waals surface area contributed by atoms with E-state index in [2.05, 4.69) is 5.32 Å². The minimum atomic E-state index is -0.0898. The highest BCUT2D eigenvalue weighted by atomic mass is 16.5. The van der Waals surface area contributed by atoms with Gasteiger partial charge in [0, 0.05) is 18.6 Å². The Morgan fingerprint density at radius 2 is 1.74 bits per heavy atom. The van der Waals surface area contributed by atoms with E-state index in [9.17, 15) is 4.79 Å². The molecule has 0 amide bonds. The molecule has 0 spiro atoms. The summed E-state index contributed by atoms with van der Waals surface area (Å²) in [5.74, 6) is -0.0898. The zero-order valence-electron chi connectivity index (χ0n) is 12.3. The van der Waals surface area contributed by atoms with Gasteiger partial charge in [0.05, 0.1) is 13.0 Å². The lowest BCUT2D eigenvalue weighted by Gasteiger charge is -2.10. The van der Waals surface area contributed by atoms with E-state index >= 15 is 0 Å². The van der Waals surface area contributed by atoms with Crippen LogP contribution in [-0.2, 0) is 9.53 Å². The number of nitrogens with two attached hydrogens (primary N) is 1. The van der Waals surface area contributed by atoms with Crippen molar-refractivity contribution in [2.45, 2.75) is 76.8 Å². The molecule has 0 saturated heterocycles. The number of carbonyl (C=O) groups excluding carboxylic acids is 1. The molecule has 2 aliphatic carbocycles. The monoisotopic (exact) mass is 270 g/mol. The van der Waals surface area contributed by atoms with Gasteiger partial charge in [-0.2, -0.15) is 0 Å². The number of rotatable bonds is 5. The summed E-state index contributed by atoms with van der Waals surface area (Å²) in [7, 11) is 0. The number of nitrogens with one attached hydrogen (secondary N) is 1. The van der Waals surface area contributed by atoms with Crippen LogP contribution >= 0.6 is 0 Å². The lowest BCUT2D eigenvalue weighted by Crippen LogP contribution is -2.28. The number of esters is 1. The molecule has 0 aromatic carbocycles. The molecule has 19 heavy (non-hydrogen) atoms. The van der Waals surface area contributed by atoms with Crippen molar-refractivity contribution in [3.8, 4) is 0 Å². The van der Waals surface area contributed by atoms with Gasteiger partial charge in [-0.25, -0.2) is 0 Å². The molecule has 0 aliphatic heterocycles. The average Bonchev–Trinajstić information content (AvgIpc) is 3.04. The van der Waals surface area contributed by atoms with Crippen LogP contribution in [0.2, 0.25) is 0 Å². The van der Waals surface area contributed by atoms with Crippen LogP contribution in [0.15, 0.2) is 0 Å². The van der Waals surface area contributed by atoms with Crippen LogP contribution in [0.25, 0.3) is 0 Å². The van der Waals surface area contributed by atoms with E-state index in [1.807, 2.05) is 6.92 Å². The second kappa shape index (κ2) is 10.2. The smallest absolute Gasteiger partial charge is 0.307 e. The molecule has 4 nitrogen and oxygen atoms in total.